The van der Waals surface area contributed by atoms with E-state index in [1.807, 2.05) is 0 Å². The van der Waals surface area contributed by atoms with Crippen molar-refractivity contribution in [3.63, 3.8) is 0 Å². The summed E-state index contributed by atoms with van der Waals surface area (Å²) in [6, 6.07) is 10.6. The maximum Gasteiger partial charge on any atom is 0.184 e. The van der Waals surface area contributed by atoms with Crippen molar-refractivity contribution in [3.8, 4) is 0 Å². The Morgan fingerprint density at radius 2 is 1.90 bits per heavy atom. The van der Waals surface area contributed by atoms with Crippen molar-refractivity contribution in [2.45, 2.75) is 32.6 Å². The van der Waals surface area contributed by atoms with Crippen LogP contribution in [0.1, 0.15) is 30.5 Å². The van der Waals surface area contributed by atoms with E-state index in [0.29, 0.717) is 0 Å². The van der Waals surface area contributed by atoms with E-state index in [9.17, 15) is 0 Å². The summed E-state index contributed by atoms with van der Waals surface area (Å²) in [5.74, 6) is 0. The Balaban J connectivity index is 1.56. The highest BCUT2D eigenvalue weighted by Crippen LogP contribution is 2.33. The van der Waals surface area contributed by atoms with E-state index in [1.165, 1.54) is 48.6 Å². The Kier molecular flexibility index (Phi) is 4.76. The van der Waals surface area contributed by atoms with Gasteiger partial charge in [0.15, 0.2) is 5.13 Å². The highest BCUT2D eigenvalue weighted by molar-refractivity contribution is 7.19. The molecule has 2 heterocycles. The first-order valence-electron chi connectivity index (χ1n) is 7.83. The van der Waals surface area contributed by atoms with Crippen LogP contribution >= 0.6 is 11.3 Å². The van der Waals surface area contributed by atoms with Crippen LogP contribution in [0.15, 0.2) is 30.3 Å². The number of nitrogens with zero attached hydrogens (tertiary/aromatic N) is 2. The molecule has 3 rings (SSSR count). The molecule has 4 heteroatoms. The van der Waals surface area contributed by atoms with Gasteiger partial charge in [0.2, 0.25) is 0 Å². The van der Waals surface area contributed by atoms with Gasteiger partial charge in [-0.3, -0.25) is 0 Å². The second-order valence-corrected chi connectivity index (χ2v) is 6.60. The SMILES string of the molecule is Cc1nc(NCCc2ccccc2)sc1N1CCCCC1. The summed E-state index contributed by atoms with van der Waals surface area (Å²) in [5.41, 5.74) is 2.54. The van der Waals surface area contributed by atoms with Gasteiger partial charge in [0.25, 0.3) is 0 Å². The average Bonchev–Trinajstić information content (AvgIpc) is 2.90. The molecule has 1 aliphatic heterocycles. The number of aryl methyl sites for hydroxylation is 1. The minimum absolute atomic E-state index is 0.941. The van der Waals surface area contributed by atoms with Gasteiger partial charge in [-0.1, -0.05) is 41.7 Å². The van der Waals surface area contributed by atoms with Crippen LogP contribution < -0.4 is 10.2 Å². The van der Waals surface area contributed by atoms with Crippen LogP contribution in [0, 0.1) is 6.92 Å². The van der Waals surface area contributed by atoms with Gasteiger partial charge in [0.05, 0.1) is 5.69 Å². The first kappa shape index (κ1) is 14.4. The van der Waals surface area contributed by atoms with Gasteiger partial charge in [-0.25, -0.2) is 4.98 Å². The average molecular weight is 301 g/mol. The predicted molar refractivity (Wildman–Crippen MR) is 91.6 cm³/mol. The van der Waals surface area contributed by atoms with E-state index in [0.717, 1.165) is 18.1 Å². The summed E-state index contributed by atoms with van der Waals surface area (Å²) in [7, 11) is 0. The molecule has 2 aromatic rings. The summed E-state index contributed by atoms with van der Waals surface area (Å²) < 4.78 is 0. The molecule has 0 unspecified atom stereocenters. The fourth-order valence-corrected chi connectivity index (χ4v) is 3.86. The van der Waals surface area contributed by atoms with Gasteiger partial charge in [-0.05, 0) is 38.2 Å². The quantitative estimate of drug-likeness (QED) is 0.901. The van der Waals surface area contributed by atoms with Crippen LogP contribution in [-0.4, -0.2) is 24.6 Å². The molecule has 112 valence electrons. The van der Waals surface area contributed by atoms with Crippen LogP contribution in [0.4, 0.5) is 10.1 Å². The van der Waals surface area contributed by atoms with Crippen molar-refractivity contribution < 1.29 is 0 Å². The van der Waals surface area contributed by atoms with Gasteiger partial charge >= 0.3 is 0 Å². The van der Waals surface area contributed by atoms with Crippen LogP contribution in [0.5, 0.6) is 0 Å². The fourth-order valence-electron chi connectivity index (χ4n) is 2.81. The van der Waals surface area contributed by atoms with E-state index < -0.39 is 0 Å². The van der Waals surface area contributed by atoms with Gasteiger partial charge in [-0.2, -0.15) is 0 Å². The number of thiazole rings is 1. The molecule has 1 aromatic heterocycles. The van der Waals surface area contributed by atoms with E-state index in [1.54, 1.807) is 11.3 Å². The summed E-state index contributed by atoms with van der Waals surface area (Å²) in [6.07, 6.45) is 5.04. The molecule has 1 aromatic carbocycles. The zero-order valence-corrected chi connectivity index (χ0v) is 13.5. The predicted octanol–water partition coefficient (Wildman–Crippen LogP) is 4.10. The lowest BCUT2D eigenvalue weighted by molar-refractivity contribution is 0.579. The molecule has 1 N–H and O–H groups in total. The van der Waals surface area contributed by atoms with Crippen molar-refractivity contribution in [1.29, 1.82) is 0 Å². The maximum atomic E-state index is 4.68. The topological polar surface area (TPSA) is 28.2 Å². The number of piperidine rings is 1. The number of nitrogens with one attached hydrogen (secondary N) is 1. The molecule has 0 amide bonds. The van der Waals surface area contributed by atoms with Crippen LogP contribution in [0.2, 0.25) is 0 Å². The third-order valence-electron chi connectivity index (χ3n) is 3.95. The molecule has 0 atom stereocenters. The van der Waals surface area contributed by atoms with Crippen LogP contribution in [-0.2, 0) is 6.42 Å². The van der Waals surface area contributed by atoms with Crippen molar-refractivity contribution >= 4 is 21.5 Å². The minimum atomic E-state index is 0.941. The monoisotopic (exact) mass is 301 g/mol. The molecule has 3 nitrogen and oxygen atoms in total. The van der Waals surface area contributed by atoms with E-state index in [-0.39, 0.29) is 0 Å². The van der Waals surface area contributed by atoms with Gasteiger partial charge in [0.1, 0.15) is 5.00 Å². The van der Waals surface area contributed by atoms with Crippen molar-refractivity contribution in [2.75, 3.05) is 29.9 Å². The second kappa shape index (κ2) is 6.94. The fraction of sp³-hybridized carbons (Fsp3) is 0.471. The molecule has 0 radical (unpaired) electrons. The normalized spacial score (nSPS) is 15.2. The Labute approximate surface area is 131 Å². The summed E-state index contributed by atoms with van der Waals surface area (Å²) in [5, 5.41) is 5.89. The third-order valence-corrected chi connectivity index (χ3v) is 5.12. The highest BCUT2D eigenvalue weighted by Gasteiger charge is 2.16. The zero-order chi connectivity index (χ0) is 14.5. The Bertz CT molecular complexity index is 559. The molecule has 0 spiro atoms. The Morgan fingerprint density at radius 1 is 1.14 bits per heavy atom. The highest BCUT2D eigenvalue weighted by atomic mass is 32.1. The summed E-state index contributed by atoms with van der Waals surface area (Å²) in [4.78, 5) is 7.18. The molecule has 1 aliphatic rings. The van der Waals surface area contributed by atoms with Crippen molar-refractivity contribution in [2.24, 2.45) is 0 Å². The van der Waals surface area contributed by atoms with E-state index in [2.05, 4.69) is 52.5 Å². The number of aromatic nitrogens is 1. The molecule has 0 bridgehead atoms. The molecule has 1 fully saturated rings. The van der Waals surface area contributed by atoms with Crippen LogP contribution in [0.25, 0.3) is 0 Å². The lowest BCUT2D eigenvalue weighted by Crippen LogP contribution is -2.29. The second-order valence-electron chi connectivity index (χ2n) is 5.62. The largest absolute Gasteiger partial charge is 0.362 e. The zero-order valence-electron chi connectivity index (χ0n) is 12.6. The number of rotatable bonds is 5. The third kappa shape index (κ3) is 3.76. The molecule has 0 saturated carbocycles. The van der Waals surface area contributed by atoms with E-state index in [4.69, 9.17) is 0 Å². The minimum Gasteiger partial charge on any atom is -0.362 e. The van der Waals surface area contributed by atoms with E-state index >= 15 is 0 Å². The summed E-state index contributed by atoms with van der Waals surface area (Å²) >= 11 is 1.80. The molecule has 1 saturated heterocycles. The first-order valence-corrected chi connectivity index (χ1v) is 8.65. The molecule has 21 heavy (non-hydrogen) atoms. The first-order chi connectivity index (χ1) is 10.3. The van der Waals surface area contributed by atoms with Crippen LogP contribution in [0.3, 0.4) is 0 Å². The lowest BCUT2D eigenvalue weighted by atomic mass is 10.1. The smallest absolute Gasteiger partial charge is 0.184 e. The maximum absolute atomic E-state index is 4.68. The number of benzene rings is 1. The standard InChI is InChI=1S/C17H23N3S/c1-14-16(20-12-6-3-7-13-20)21-17(19-14)18-11-10-15-8-4-2-5-9-15/h2,4-5,8-9H,3,6-7,10-13H2,1H3,(H,18,19). The number of anilines is 2. The summed E-state index contributed by atoms with van der Waals surface area (Å²) in [6.45, 7) is 5.44. The Hall–Kier alpha value is -1.55. The van der Waals surface area contributed by atoms with Crippen molar-refractivity contribution in [3.05, 3.63) is 41.6 Å². The number of hydrogen-bond donors (Lipinski definition) is 1. The molecular formula is C17H23N3S. The molecular weight excluding hydrogens is 278 g/mol. The van der Waals surface area contributed by atoms with Gasteiger partial charge in [-0.15, -0.1) is 0 Å². The van der Waals surface area contributed by atoms with Crippen molar-refractivity contribution in [1.82, 2.24) is 4.98 Å². The van der Waals surface area contributed by atoms with Gasteiger partial charge in [0, 0.05) is 19.6 Å². The number of hydrogen-bond acceptors (Lipinski definition) is 4. The Morgan fingerprint density at radius 3 is 2.67 bits per heavy atom. The van der Waals surface area contributed by atoms with Gasteiger partial charge < -0.3 is 10.2 Å². The lowest BCUT2D eigenvalue weighted by Gasteiger charge is -2.27. The molecule has 0 aliphatic carbocycles.